The molecule has 0 aromatic rings. The molecule has 3 heteroatoms. The van der Waals surface area contributed by atoms with Crippen molar-refractivity contribution in [3.63, 3.8) is 0 Å². The van der Waals surface area contributed by atoms with Crippen molar-refractivity contribution in [2.24, 2.45) is 0 Å². The van der Waals surface area contributed by atoms with Gasteiger partial charge in [-0.25, -0.2) is 0 Å². The first-order valence-electron chi connectivity index (χ1n) is 4.07. The van der Waals surface area contributed by atoms with Crippen LogP contribution in [-0.4, -0.2) is 22.4 Å². The summed E-state index contributed by atoms with van der Waals surface area (Å²) in [5.74, 6) is 1.08. The van der Waals surface area contributed by atoms with E-state index < -0.39 is 12.2 Å². The second-order valence-corrected chi connectivity index (χ2v) is 2.83. The first-order chi connectivity index (χ1) is 5.65. The molecule has 1 rings (SSSR count). The van der Waals surface area contributed by atoms with E-state index in [9.17, 15) is 10.2 Å². The fourth-order valence-corrected chi connectivity index (χ4v) is 1.14. The topological polar surface area (TPSA) is 49.7 Å². The average Bonchev–Trinajstić information content (AvgIpc) is 2.00. The number of ether oxygens (including phenoxy) is 1. The summed E-state index contributed by atoms with van der Waals surface area (Å²) in [5, 5.41) is 18.7. The Morgan fingerprint density at radius 3 is 2.83 bits per heavy atom. The van der Waals surface area contributed by atoms with Crippen molar-refractivity contribution < 1.29 is 14.9 Å². The molecule has 2 N–H and O–H groups in total. The number of hydrogen-bond acceptors (Lipinski definition) is 3. The van der Waals surface area contributed by atoms with Crippen LogP contribution in [0.4, 0.5) is 0 Å². The van der Waals surface area contributed by atoms with E-state index in [0.717, 1.165) is 6.42 Å². The lowest BCUT2D eigenvalue weighted by Gasteiger charge is -2.24. The van der Waals surface area contributed by atoms with Gasteiger partial charge in [-0.3, -0.25) is 0 Å². The Balaban J connectivity index is 2.80. The standard InChI is InChI=1S/C9H14O3/c1-3-4-8-9(11)7(10)5-6(2)12-8/h4-5,7,9-11H,3H2,1-2H3. The summed E-state index contributed by atoms with van der Waals surface area (Å²) < 4.78 is 5.22. The zero-order valence-electron chi connectivity index (χ0n) is 7.32. The SMILES string of the molecule is CCC=C1OC(C)=CC(O)C1O. The van der Waals surface area contributed by atoms with Crippen LogP contribution in [0.15, 0.2) is 23.7 Å². The highest BCUT2D eigenvalue weighted by Gasteiger charge is 2.25. The van der Waals surface area contributed by atoms with Gasteiger partial charge in [0.05, 0.1) is 5.76 Å². The van der Waals surface area contributed by atoms with E-state index in [-0.39, 0.29) is 0 Å². The van der Waals surface area contributed by atoms with Gasteiger partial charge in [0.25, 0.3) is 0 Å². The van der Waals surface area contributed by atoms with Gasteiger partial charge >= 0.3 is 0 Å². The quantitative estimate of drug-likeness (QED) is 0.615. The predicted molar refractivity (Wildman–Crippen MR) is 45.2 cm³/mol. The van der Waals surface area contributed by atoms with Gasteiger partial charge in [-0.05, 0) is 25.5 Å². The molecule has 0 aromatic heterocycles. The van der Waals surface area contributed by atoms with Gasteiger partial charge in [-0.1, -0.05) is 6.92 Å². The largest absolute Gasteiger partial charge is 0.464 e. The Morgan fingerprint density at radius 1 is 1.58 bits per heavy atom. The minimum absolute atomic E-state index is 0.449. The Labute approximate surface area is 72.0 Å². The molecule has 0 saturated carbocycles. The summed E-state index contributed by atoms with van der Waals surface area (Å²) in [7, 11) is 0. The number of aliphatic hydroxyl groups excluding tert-OH is 2. The van der Waals surface area contributed by atoms with Crippen LogP contribution in [0, 0.1) is 0 Å². The molecule has 3 nitrogen and oxygen atoms in total. The van der Waals surface area contributed by atoms with Crippen LogP contribution < -0.4 is 0 Å². The van der Waals surface area contributed by atoms with E-state index in [4.69, 9.17) is 4.74 Å². The monoisotopic (exact) mass is 170 g/mol. The molecule has 0 saturated heterocycles. The van der Waals surface area contributed by atoms with E-state index in [1.54, 1.807) is 13.0 Å². The van der Waals surface area contributed by atoms with Gasteiger partial charge in [0.2, 0.25) is 0 Å². The third kappa shape index (κ3) is 1.87. The number of rotatable bonds is 1. The molecular formula is C9H14O3. The summed E-state index contributed by atoms with van der Waals surface area (Å²) in [6, 6.07) is 0. The first-order valence-corrected chi connectivity index (χ1v) is 4.07. The zero-order valence-corrected chi connectivity index (χ0v) is 7.32. The van der Waals surface area contributed by atoms with Crippen molar-refractivity contribution in [3.05, 3.63) is 23.7 Å². The van der Waals surface area contributed by atoms with Gasteiger partial charge in [0.15, 0.2) is 0 Å². The molecule has 2 atom stereocenters. The number of allylic oxidation sites excluding steroid dienone is 2. The van der Waals surface area contributed by atoms with Crippen LogP contribution in [0.2, 0.25) is 0 Å². The molecule has 0 aliphatic carbocycles. The van der Waals surface area contributed by atoms with Crippen molar-refractivity contribution in [1.29, 1.82) is 0 Å². The summed E-state index contributed by atoms with van der Waals surface area (Å²) in [6.07, 6.45) is 2.30. The minimum atomic E-state index is -0.909. The lowest BCUT2D eigenvalue weighted by molar-refractivity contribution is 0.0211. The van der Waals surface area contributed by atoms with Gasteiger partial charge in [0, 0.05) is 0 Å². The first kappa shape index (κ1) is 9.29. The summed E-state index contributed by atoms with van der Waals surface area (Å²) in [6.45, 7) is 3.70. The maximum atomic E-state index is 9.40. The Morgan fingerprint density at radius 2 is 2.25 bits per heavy atom. The van der Waals surface area contributed by atoms with Crippen molar-refractivity contribution in [1.82, 2.24) is 0 Å². The maximum Gasteiger partial charge on any atom is 0.141 e. The normalized spacial score (nSPS) is 33.0. The van der Waals surface area contributed by atoms with E-state index in [1.807, 2.05) is 6.92 Å². The van der Waals surface area contributed by atoms with E-state index in [2.05, 4.69) is 0 Å². The molecule has 0 radical (unpaired) electrons. The van der Waals surface area contributed by atoms with E-state index in [1.165, 1.54) is 6.08 Å². The molecule has 0 aromatic carbocycles. The third-order valence-electron chi connectivity index (χ3n) is 1.70. The van der Waals surface area contributed by atoms with Gasteiger partial charge in [0.1, 0.15) is 18.0 Å². The molecule has 1 aliphatic rings. The van der Waals surface area contributed by atoms with E-state index in [0.29, 0.717) is 11.5 Å². The molecule has 0 amide bonds. The van der Waals surface area contributed by atoms with Crippen LogP contribution in [0.25, 0.3) is 0 Å². The molecule has 1 heterocycles. The molecular weight excluding hydrogens is 156 g/mol. The lowest BCUT2D eigenvalue weighted by atomic mass is 10.1. The van der Waals surface area contributed by atoms with Gasteiger partial charge in [-0.2, -0.15) is 0 Å². The van der Waals surface area contributed by atoms with Crippen LogP contribution >= 0.6 is 0 Å². The van der Waals surface area contributed by atoms with Crippen LogP contribution in [0.1, 0.15) is 20.3 Å². The smallest absolute Gasteiger partial charge is 0.141 e. The Bertz CT molecular complexity index is 218. The van der Waals surface area contributed by atoms with Crippen LogP contribution in [0.5, 0.6) is 0 Å². The second-order valence-electron chi connectivity index (χ2n) is 2.83. The lowest BCUT2D eigenvalue weighted by Crippen LogP contribution is -2.30. The summed E-state index contributed by atoms with van der Waals surface area (Å²) in [4.78, 5) is 0. The van der Waals surface area contributed by atoms with Crippen molar-refractivity contribution >= 4 is 0 Å². The van der Waals surface area contributed by atoms with Crippen LogP contribution in [-0.2, 0) is 4.74 Å². The molecule has 0 spiro atoms. The number of hydrogen-bond donors (Lipinski definition) is 2. The summed E-state index contributed by atoms with van der Waals surface area (Å²) >= 11 is 0. The zero-order chi connectivity index (χ0) is 9.14. The van der Waals surface area contributed by atoms with Crippen LogP contribution in [0.3, 0.4) is 0 Å². The minimum Gasteiger partial charge on any atom is -0.464 e. The molecule has 68 valence electrons. The van der Waals surface area contributed by atoms with Crippen molar-refractivity contribution in [2.75, 3.05) is 0 Å². The Hall–Kier alpha value is -0.800. The molecule has 0 fully saturated rings. The molecule has 12 heavy (non-hydrogen) atoms. The van der Waals surface area contributed by atoms with Crippen molar-refractivity contribution in [2.45, 2.75) is 32.5 Å². The number of aliphatic hydroxyl groups is 2. The molecule has 2 unspecified atom stereocenters. The Kier molecular flexibility index (Phi) is 2.89. The third-order valence-corrected chi connectivity index (χ3v) is 1.70. The van der Waals surface area contributed by atoms with Gasteiger partial charge in [-0.15, -0.1) is 0 Å². The highest BCUT2D eigenvalue weighted by Crippen LogP contribution is 2.20. The second kappa shape index (κ2) is 3.74. The predicted octanol–water partition coefficient (Wildman–Crippen LogP) is 0.936. The van der Waals surface area contributed by atoms with E-state index >= 15 is 0 Å². The fraction of sp³-hybridized carbons (Fsp3) is 0.556. The average molecular weight is 170 g/mol. The highest BCUT2D eigenvalue weighted by atomic mass is 16.5. The van der Waals surface area contributed by atoms with Crippen molar-refractivity contribution in [3.8, 4) is 0 Å². The maximum absolute atomic E-state index is 9.40. The molecule has 1 aliphatic heterocycles. The van der Waals surface area contributed by atoms with Gasteiger partial charge < -0.3 is 14.9 Å². The fourth-order valence-electron chi connectivity index (χ4n) is 1.14. The summed E-state index contributed by atoms with van der Waals surface area (Å²) in [5.41, 5.74) is 0. The highest BCUT2D eigenvalue weighted by molar-refractivity contribution is 5.16. The molecule has 0 bridgehead atoms.